The molecule has 1 aliphatic rings. The zero-order valence-electron chi connectivity index (χ0n) is 11.7. The first-order valence-corrected chi connectivity index (χ1v) is 7.92. The van der Waals surface area contributed by atoms with Crippen molar-refractivity contribution in [3.8, 4) is 0 Å². The van der Waals surface area contributed by atoms with Crippen LogP contribution >= 0.6 is 11.3 Å². The molecule has 2 N–H and O–H groups in total. The molecule has 1 aliphatic heterocycles. The van der Waals surface area contributed by atoms with Crippen molar-refractivity contribution in [2.24, 2.45) is 0 Å². The molecule has 1 atom stereocenters. The molecule has 1 aromatic rings. The standard InChI is InChI=1S/C15H19NO4S/c17-14(18)5-4-13-9-11(10-21-13)15(19)16-7-6-12-3-1-2-8-20-12/h4-5,9-10,12H,1-3,6-8H2,(H,16,19)(H,17,18)/b5-4+. The van der Waals surface area contributed by atoms with E-state index in [1.54, 1.807) is 11.4 Å². The van der Waals surface area contributed by atoms with Crippen molar-refractivity contribution in [3.63, 3.8) is 0 Å². The number of carbonyl (C=O) groups is 2. The summed E-state index contributed by atoms with van der Waals surface area (Å²) in [5, 5.41) is 13.2. The molecule has 2 rings (SSSR count). The van der Waals surface area contributed by atoms with Gasteiger partial charge in [0.2, 0.25) is 0 Å². The number of ether oxygens (including phenoxy) is 1. The van der Waals surface area contributed by atoms with Crippen molar-refractivity contribution < 1.29 is 19.4 Å². The van der Waals surface area contributed by atoms with Crippen LogP contribution in [0.25, 0.3) is 6.08 Å². The zero-order chi connectivity index (χ0) is 15.1. The molecule has 1 amide bonds. The number of hydrogen-bond acceptors (Lipinski definition) is 4. The van der Waals surface area contributed by atoms with Gasteiger partial charge >= 0.3 is 5.97 Å². The van der Waals surface area contributed by atoms with Gasteiger partial charge in [0.05, 0.1) is 11.7 Å². The van der Waals surface area contributed by atoms with Gasteiger partial charge < -0.3 is 15.2 Å². The molecule has 0 aromatic carbocycles. The first-order valence-electron chi connectivity index (χ1n) is 7.04. The largest absolute Gasteiger partial charge is 0.478 e. The second kappa shape index (κ2) is 7.95. The Morgan fingerprint density at radius 3 is 3.05 bits per heavy atom. The summed E-state index contributed by atoms with van der Waals surface area (Å²) in [5.41, 5.74) is 0.564. The normalized spacial score (nSPS) is 18.8. The minimum Gasteiger partial charge on any atom is -0.478 e. The molecule has 114 valence electrons. The molecule has 0 saturated carbocycles. The van der Waals surface area contributed by atoms with E-state index in [9.17, 15) is 9.59 Å². The predicted octanol–water partition coefficient (Wildman–Crippen LogP) is 2.53. The summed E-state index contributed by atoms with van der Waals surface area (Å²) in [6.45, 7) is 1.42. The summed E-state index contributed by atoms with van der Waals surface area (Å²) in [6, 6.07) is 1.69. The number of rotatable bonds is 6. The van der Waals surface area contributed by atoms with Gasteiger partial charge in [0.1, 0.15) is 0 Å². The fraction of sp³-hybridized carbons (Fsp3) is 0.467. The lowest BCUT2D eigenvalue weighted by Gasteiger charge is -2.22. The first-order chi connectivity index (χ1) is 10.1. The van der Waals surface area contributed by atoms with Crippen LogP contribution in [0.3, 0.4) is 0 Å². The summed E-state index contributed by atoms with van der Waals surface area (Å²) in [7, 11) is 0. The van der Waals surface area contributed by atoms with Crippen LogP contribution in [0.4, 0.5) is 0 Å². The summed E-state index contributed by atoms with van der Waals surface area (Å²) >= 11 is 1.35. The summed E-state index contributed by atoms with van der Waals surface area (Å²) in [6.07, 6.45) is 7.04. The minimum absolute atomic E-state index is 0.128. The predicted molar refractivity (Wildman–Crippen MR) is 81.5 cm³/mol. The number of thiophene rings is 1. The summed E-state index contributed by atoms with van der Waals surface area (Å²) < 4.78 is 5.61. The Bertz CT molecular complexity index is 517. The molecule has 2 heterocycles. The molecule has 0 bridgehead atoms. The number of amides is 1. The molecule has 1 aromatic heterocycles. The van der Waals surface area contributed by atoms with Gasteiger partial charge in [-0.3, -0.25) is 4.79 Å². The SMILES string of the molecule is O=C(O)/C=C/c1cc(C(=O)NCCC2CCCCO2)cs1. The average Bonchev–Trinajstić information content (AvgIpc) is 2.95. The third kappa shape index (κ3) is 5.32. The Hall–Kier alpha value is -1.66. The molecule has 1 saturated heterocycles. The fourth-order valence-electron chi connectivity index (χ4n) is 2.20. The topological polar surface area (TPSA) is 75.6 Å². The van der Waals surface area contributed by atoms with E-state index in [0.29, 0.717) is 12.1 Å². The van der Waals surface area contributed by atoms with Crippen molar-refractivity contribution >= 4 is 29.3 Å². The van der Waals surface area contributed by atoms with Crippen LogP contribution in [-0.2, 0) is 9.53 Å². The first kappa shape index (κ1) is 15.7. The van der Waals surface area contributed by atoms with Crippen LogP contribution in [0.2, 0.25) is 0 Å². The molecule has 5 nitrogen and oxygen atoms in total. The Morgan fingerprint density at radius 1 is 1.48 bits per heavy atom. The van der Waals surface area contributed by atoms with Crippen molar-refractivity contribution in [2.75, 3.05) is 13.2 Å². The molecule has 1 unspecified atom stereocenters. The number of nitrogens with one attached hydrogen (secondary N) is 1. The van der Waals surface area contributed by atoms with Gasteiger partial charge in [-0.2, -0.15) is 0 Å². The third-order valence-corrected chi connectivity index (χ3v) is 4.20. The molecular formula is C15H19NO4S. The van der Waals surface area contributed by atoms with Crippen molar-refractivity contribution in [3.05, 3.63) is 28.0 Å². The highest BCUT2D eigenvalue weighted by Gasteiger charge is 2.14. The maximum atomic E-state index is 12.0. The molecule has 1 fully saturated rings. The van der Waals surface area contributed by atoms with Crippen molar-refractivity contribution in [2.45, 2.75) is 31.8 Å². The van der Waals surface area contributed by atoms with Gasteiger partial charge in [-0.25, -0.2) is 4.79 Å². The number of carboxylic acids is 1. The lowest BCUT2D eigenvalue weighted by atomic mass is 10.1. The van der Waals surface area contributed by atoms with Crippen LogP contribution in [0, 0.1) is 0 Å². The van der Waals surface area contributed by atoms with E-state index in [1.807, 2.05) is 0 Å². The number of aliphatic carboxylic acids is 1. The molecule has 0 aliphatic carbocycles. The smallest absolute Gasteiger partial charge is 0.328 e. The molecule has 0 spiro atoms. The monoisotopic (exact) mass is 309 g/mol. The van der Waals surface area contributed by atoms with Gasteiger partial charge in [0, 0.05) is 29.5 Å². The number of carbonyl (C=O) groups excluding carboxylic acids is 1. The molecule has 0 radical (unpaired) electrons. The van der Waals surface area contributed by atoms with E-state index in [1.165, 1.54) is 23.8 Å². The van der Waals surface area contributed by atoms with E-state index in [0.717, 1.165) is 36.8 Å². The molecule has 21 heavy (non-hydrogen) atoms. The number of hydrogen-bond donors (Lipinski definition) is 2. The van der Waals surface area contributed by atoms with Gasteiger partial charge in [-0.15, -0.1) is 11.3 Å². The Kier molecular flexibility index (Phi) is 5.95. The van der Waals surface area contributed by atoms with Crippen molar-refractivity contribution in [1.82, 2.24) is 5.32 Å². The minimum atomic E-state index is -0.998. The molecule has 6 heteroatoms. The summed E-state index contributed by atoms with van der Waals surface area (Å²) in [5.74, 6) is -1.13. The van der Waals surface area contributed by atoms with Gasteiger partial charge in [-0.1, -0.05) is 0 Å². The van der Waals surface area contributed by atoms with E-state index < -0.39 is 5.97 Å². The van der Waals surface area contributed by atoms with E-state index in [2.05, 4.69) is 5.32 Å². The van der Waals surface area contributed by atoms with E-state index >= 15 is 0 Å². The third-order valence-electron chi connectivity index (χ3n) is 3.30. The highest BCUT2D eigenvalue weighted by molar-refractivity contribution is 7.11. The summed E-state index contributed by atoms with van der Waals surface area (Å²) in [4.78, 5) is 23.1. The van der Waals surface area contributed by atoms with E-state index in [-0.39, 0.29) is 12.0 Å². The van der Waals surface area contributed by atoms with Gasteiger partial charge in [-0.05, 0) is 37.8 Å². The average molecular weight is 309 g/mol. The fourth-order valence-corrected chi connectivity index (χ4v) is 2.98. The van der Waals surface area contributed by atoms with Crippen LogP contribution in [-0.4, -0.2) is 36.2 Å². The number of carboxylic acid groups (broad SMARTS) is 1. The Morgan fingerprint density at radius 2 is 2.33 bits per heavy atom. The van der Waals surface area contributed by atoms with Gasteiger partial charge in [0.25, 0.3) is 5.91 Å². The Labute approximate surface area is 127 Å². The van der Waals surface area contributed by atoms with Crippen LogP contribution in [0.1, 0.15) is 40.9 Å². The van der Waals surface area contributed by atoms with E-state index in [4.69, 9.17) is 9.84 Å². The lowest BCUT2D eigenvalue weighted by molar-refractivity contribution is -0.131. The Balaban J connectivity index is 1.76. The van der Waals surface area contributed by atoms with Crippen LogP contribution in [0.5, 0.6) is 0 Å². The highest BCUT2D eigenvalue weighted by atomic mass is 32.1. The second-order valence-electron chi connectivity index (χ2n) is 4.94. The highest BCUT2D eigenvalue weighted by Crippen LogP contribution is 2.17. The lowest BCUT2D eigenvalue weighted by Crippen LogP contribution is -2.29. The van der Waals surface area contributed by atoms with Crippen molar-refractivity contribution in [1.29, 1.82) is 0 Å². The quantitative estimate of drug-likeness (QED) is 0.792. The maximum absolute atomic E-state index is 12.0. The zero-order valence-corrected chi connectivity index (χ0v) is 12.5. The second-order valence-corrected chi connectivity index (χ2v) is 5.89. The van der Waals surface area contributed by atoms with Crippen LogP contribution in [0.15, 0.2) is 17.5 Å². The molecular weight excluding hydrogens is 290 g/mol. The maximum Gasteiger partial charge on any atom is 0.328 e. The van der Waals surface area contributed by atoms with Gasteiger partial charge in [0.15, 0.2) is 0 Å². The van der Waals surface area contributed by atoms with Crippen LogP contribution < -0.4 is 5.32 Å².